The highest BCUT2D eigenvalue weighted by Crippen LogP contribution is 2.40. The molecule has 0 bridgehead atoms. The molecule has 29 heavy (non-hydrogen) atoms. The number of carbonyl (C=O) groups is 1. The summed E-state index contributed by atoms with van der Waals surface area (Å²) in [4.78, 5) is 14.0. The van der Waals surface area contributed by atoms with Gasteiger partial charge in [0.05, 0.1) is 11.5 Å². The van der Waals surface area contributed by atoms with Crippen molar-refractivity contribution in [2.45, 2.75) is 54.8 Å². The predicted octanol–water partition coefficient (Wildman–Crippen LogP) is 4.21. The van der Waals surface area contributed by atoms with Crippen LogP contribution in [0.25, 0.3) is 0 Å². The van der Waals surface area contributed by atoms with E-state index in [1.54, 1.807) is 23.4 Å². The van der Waals surface area contributed by atoms with E-state index in [2.05, 4.69) is 22.6 Å². The molecule has 0 spiro atoms. The van der Waals surface area contributed by atoms with Crippen LogP contribution < -0.4 is 0 Å². The number of nitrogens with zero attached hydrogens (tertiary/aromatic N) is 2. The van der Waals surface area contributed by atoms with Crippen molar-refractivity contribution >= 4 is 50.3 Å². The first-order valence-electron chi connectivity index (χ1n) is 9.55. The molecule has 0 saturated carbocycles. The molecule has 0 radical (unpaired) electrons. The van der Waals surface area contributed by atoms with Crippen LogP contribution >= 0.6 is 34.4 Å². The zero-order chi connectivity index (χ0) is 21.2. The first-order valence-corrected chi connectivity index (χ1v) is 12.9. The van der Waals surface area contributed by atoms with Crippen LogP contribution in [0, 0.1) is 17.4 Å². The van der Waals surface area contributed by atoms with Gasteiger partial charge in [0.2, 0.25) is 10.0 Å². The Morgan fingerprint density at radius 1 is 1.17 bits per heavy atom. The topological polar surface area (TPSA) is 68.6 Å². The number of rotatable bonds is 7. The Labute approximate surface area is 190 Å². The summed E-state index contributed by atoms with van der Waals surface area (Å²) in [5.41, 5.74) is 1.90. The van der Waals surface area contributed by atoms with Crippen LogP contribution in [0.3, 0.4) is 0 Å². The Morgan fingerprint density at radius 2 is 1.83 bits per heavy atom. The third-order valence-corrected chi connectivity index (χ3v) is 10.0. The van der Waals surface area contributed by atoms with Crippen molar-refractivity contribution in [3.63, 3.8) is 0 Å². The van der Waals surface area contributed by atoms with E-state index in [1.807, 2.05) is 30.5 Å². The summed E-state index contributed by atoms with van der Waals surface area (Å²) in [7, 11) is -3.52. The van der Waals surface area contributed by atoms with E-state index in [9.17, 15) is 13.2 Å². The quantitative estimate of drug-likeness (QED) is 0.383. The zero-order valence-corrected chi connectivity index (χ0v) is 20.6. The van der Waals surface area contributed by atoms with Crippen LogP contribution in [-0.4, -0.2) is 43.0 Å². The van der Waals surface area contributed by atoms with Gasteiger partial charge in [-0.1, -0.05) is 23.9 Å². The number of carbonyl (C=O) groups excluding carboxylic acids is 1. The number of hydrogen-bond donors (Lipinski definition) is 0. The third-order valence-electron chi connectivity index (χ3n) is 4.99. The predicted molar refractivity (Wildman–Crippen MR) is 122 cm³/mol. The van der Waals surface area contributed by atoms with E-state index in [0.29, 0.717) is 29.5 Å². The van der Waals surface area contributed by atoms with Gasteiger partial charge >= 0.3 is 5.97 Å². The highest BCUT2D eigenvalue weighted by molar-refractivity contribution is 14.1. The maximum Gasteiger partial charge on any atom is 0.325 e. The average Bonchev–Trinajstić information content (AvgIpc) is 3.30. The minimum atomic E-state index is -3.52. The number of sulfonamides is 1. The molecule has 0 unspecified atom stereocenters. The van der Waals surface area contributed by atoms with Crippen molar-refractivity contribution in [2.75, 3.05) is 19.7 Å². The first kappa shape index (κ1) is 22.6. The van der Waals surface area contributed by atoms with Crippen molar-refractivity contribution in [1.29, 1.82) is 0 Å². The highest BCUT2D eigenvalue weighted by atomic mass is 127. The number of benzene rings is 1. The fraction of sp³-hybridized carbons (Fsp3) is 0.450. The molecule has 1 aromatic heterocycles. The van der Waals surface area contributed by atoms with Crippen LogP contribution in [-0.2, 0) is 26.1 Å². The summed E-state index contributed by atoms with van der Waals surface area (Å²) in [5.74, 6) is -0.279. The summed E-state index contributed by atoms with van der Waals surface area (Å²) in [6.45, 7) is 7.35. The monoisotopic (exact) mass is 548 g/mol. The molecular weight excluding hydrogens is 523 g/mol. The third kappa shape index (κ3) is 4.67. The summed E-state index contributed by atoms with van der Waals surface area (Å²) in [5, 5.41) is 0. The summed E-state index contributed by atoms with van der Waals surface area (Å²) in [6.07, 6.45) is 1.81. The molecule has 158 valence electrons. The molecule has 1 aliphatic rings. The highest BCUT2D eigenvalue weighted by Gasteiger charge is 2.30. The molecule has 9 heteroatoms. The molecule has 0 amide bonds. The Bertz CT molecular complexity index is 1010. The molecule has 0 aliphatic carbocycles. The van der Waals surface area contributed by atoms with Gasteiger partial charge in [0.25, 0.3) is 0 Å². The normalized spacial score (nSPS) is 15.0. The number of hydrogen-bond acceptors (Lipinski definition) is 5. The molecule has 0 N–H and O–H groups in total. The van der Waals surface area contributed by atoms with Crippen LogP contribution in [0.2, 0.25) is 0 Å². The zero-order valence-electron chi connectivity index (χ0n) is 16.8. The molecule has 6 nitrogen and oxygen atoms in total. The Hall–Kier alpha value is -1.04. The van der Waals surface area contributed by atoms with Crippen molar-refractivity contribution < 1.29 is 17.9 Å². The van der Waals surface area contributed by atoms with Gasteiger partial charge in [0.1, 0.15) is 6.54 Å². The van der Waals surface area contributed by atoms with E-state index >= 15 is 0 Å². The maximum atomic E-state index is 13.1. The van der Waals surface area contributed by atoms with Gasteiger partial charge in [0, 0.05) is 37.8 Å². The molecule has 1 aliphatic heterocycles. The molecule has 3 rings (SSSR count). The van der Waals surface area contributed by atoms with Gasteiger partial charge in [-0.05, 0) is 68.3 Å². The fourth-order valence-electron chi connectivity index (χ4n) is 3.43. The number of esters is 1. The van der Waals surface area contributed by atoms with E-state index in [-0.39, 0.29) is 12.5 Å². The summed E-state index contributed by atoms with van der Waals surface area (Å²) in [6, 6.07) is 7.15. The number of halogens is 1. The van der Waals surface area contributed by atoms with Crippen molar-refractivity contribution in [3.05, 3.63) is 39.2 Å². The standard InChI is InChI=1S/C20H25IN2O4S2/c1-4-27-18(24)13-23-14(2)19(21)20(15(23)3)28-16-9-5-6-10-17(16)29(25,26)22-11-7-8-12-22/h5-6,9-10H,4,7-8,11-13H2,1-3H3. The Kier molecular flexibility index (Phi) is 7.34. The largest absolute Gasteiger partial charge is 0.465 e. The lowest BCUT2D eigenvalue weighted by molar-refractivity contribution is -0.143. The number of ether oxygens (including phenoxy) is 1. The van der Waals surface area contributed by atoms with Gasteiger partial charge < -0.3 is 9.30 Å². The van der Waals surface area contributed by atoms with Gasteiger partial charge in [-0.2, -0.15) is 4.31 Å². The Morgan fingerprint density at radius 3 is 2.48 bits per heavy atom. The molecule has 2 aromatic rings. The fourth-order valence-corrected chi connectivity index (χ4v) is 7.51. The van der Waals surface area contributed by atoms with E-state index in [0.717, 1.165) is 32.7 Å². The molecule has 1 saturated heterocycles. The minimum Gasteiger partial charge on any atom is -0.465 e. The SMILES string of the molecule is CCOC(=O)Cn1c(C)c(I)c(Sc2ccccc2S(=O)(=O)N2CCCC2)c1C. The lowest BCUT2D eigenvalue weighted by atomic mass is 10.4. The van der Waals surface area contributed by atoms with Crippen molar-refractivity contribution in [1.82, 2.24) is 8.87 Å². The first-order chi connectivity index (χ1) is 13.8. The second-order valence-corrected chi connectivity index (χ2v) is 10.9. The second-order valence-electron chi connectivity index (χ2n) is 6.87. The van der Waals surface area contributed by atoms with E-state index in [1.165, 1.54) is 11.8 Å². The second kappa shape index (κ2) is 9.40. The molecule has 1 aromatic carbocycles. The smallest absolute Gasteiger partial charge is 0.325 e. The number of aromatic nitrogens is 1. The maximum absolute atomic E-state index is 13.1. The average molecular weight is 548 g/mol. The lowest BCUT2D eigenvalue weighted by Crippen LogP contribution is -2.28. The molecule has 0 atom stereocenters. The van der Waals surface area contributed by atoms with Crippen LogP contribution in [0.4, 0.5) is 0 Å². The molecule has 2 heterocycles. The molecule has 1 fully saturated rings. The van der Waals surface area contributed by atoms with Crippen LogP contribution in [0.1, 0.15) is 31.2 Å². The summed E-state index contributed by atoms with van der Waals surface area (Å²) >= 11 is 3.71. The van der Waals surface area contributed by atoms with E-state index < -0.39 is 10.0 Å². The van der Waals surface area contributed by atoms with Crippen molar-refractivity contribution in [2.24, 2.45) is 0 Å². The van der Waals surface area contributed by atoms with Gasteiger partial charge in [0.15, 0.2) is 0 Å². The van der Waals surface area contributed by atoms with Gasteiger partial charge in [-0.3, -0.25) is 4.79 Å². The minimum absolute atomic E-state index is 0.149. The van der Waals surface area contributed by atoms with Gasteiger partial charge in [-0.25, -0.2) is 8.42 Å². The molecular formula is C20H25IN2O4S2. The summed E-state index contributed by atoms with van der Waals surface area (Å²) < 4.78 is 35.9. The Balaban J connectivity index is 1.97. The van der Waals surface area contributed by atoms with E-state index in [4.69, 9.17) is 4.74 Å². The van der Waals surface area contributed by atoms with Crippen LogP contribution in [0.5, 0.6) is 0 Å². The van der Waals surface area contributed by atoms with Crippen molar-refractivity contribution in [3.8, 4) is 0 Å². The van der Waals surface area contributed by atoms with Crippen LogP contribution in [0.15, 0.2) is 39.0 Å². The van der Waals surface area contributed by atoms with Gasteiger partial charge in [-0.15, -0.1) is 0 Å². The lowest BCUT2D eigenvalue weighted by Gasteiger charge is -2.18.